The molecule has 2 rings (SSSR count). The summed E-state index contributed by atoms with van der Waals surface area (Å²) < 4.78 is 5.98. The minimum atomic E-state index is -0.110. The van der Waals surface area contributed by atoms with E-state index >= 15 is 0 Å². The molecular formula is C18H20O2S. The van der Waals surface area contributed by atoms with Gasteiger partial charge in [0.05, 0.1) is 0 Å². The third kappa shape index (κ3) is 4.35. The lowest BCUT2D eigenvalue weighted by molar-refractivity contribution is 0.301. The van der Waals surface area contributed by atoms with Crippen LogP contribution in [-0.2, 0) is 12.0 Å². The van der Waals surface area contributed by atoms with Crippen LogP contribution in [0.25, 0.3) is 0 Å². The highest BCUT2D eigenvalue weighted by molar-refractivity contribution is 7.10. The maximum absolute atomic E-state index is 8.70. The van der Waals surface area contributed by atoms with Gasteiger partial charge in [-0.3, -0.25) is 0 Å². The lowest BCUT2D eigenvalue weighted by atomic mass is 9.86. The first kappa shape index (κ1) is 15.6. The topological polar surface area (TPSA) is 29.5 Å². The molecule has 0 aliphatic heterocycles. The number of hydrogen-bond donors (Lipinski definition) is 1. The average Bonchev–Trinajstić information content (AvgIpc) is 2.90. The molecule has 0 unspecified atom stereocenters. The monoisotopic (exact) mass is 300 g/mol. The molecule has 21 heavy (non-hydrogen) atoms. The molecule has 0 aliphatic rings. The number of para-hydroxylation sites is 1. The summed E-state index contributed by atoms with van der Waals surface area (Å²) in [6.45, 7) is 6.98. The van der Waals surface area contributed by atoms with Crippen molar-refractivity contribution in [2.45, 2.75) is 32.8 Å². The molecule has 3 heteroatoms. The first-order chi connectivity index (χ1) is 10.0. The predicted molar refractivity (Wildman–Crippen MR) is 87.8 cm³/mol. The Morgan fingerprint density at radius 1 is 1.24 bits per heavy atom. The third-order valence-electron chi connectivity index (χ3n) is 3.03. The maximum atomic E-state index is 8.70. The first-order valence-electron chi connectivity index (χ1n) is 6.90. The molecule has 0 saturated carbocycles. The molecule has 1 N–H and O–H groups in total. The van der Waals surface area contributed by atoms with Crippen molar-refractivity contribution in [2.24, 2.45) is 0 Å². The minimum Gasteiger partial charge on any atom is -0.488 e. The summed E-state index contributed by atoms with van der Waals surface area (Å²) in [7, 11) is 0. The lowest BCUT2D eigenvalue weighted by Crippen LogP contribution is -2.13. The van der Waals surface area contributed by atoms with Gasteiger partial charge in [-0.05, 0) is 23.1 Å². The Labute approximate surface area is 130 Å². The summed E-state index contributed by atoms with van der Waals surface area (Å²) in [5.41, 5.74) is 2.20. The van der Waals surface area contributed by atoms with E-state index in [0.29, 0.717) is 6.61 Å². The van der Waals surface area contributed by atoms with Crippen LogP contribution in [0.15, 0.2) is 35.7 Å². The molecule has 0 atom stereocenters. The molecule has 1 aromatic carbocycles. The van der Waals surface area contributed by atoms with Gasteiger partial charge in [-0.2, -0.15) is 0 Å². The van der Waals surface area contributed by atoms with Gasteiger partial charge in [0, 0.05) is 15.8 Å². The lowest BCUT2D eigenvalue weighted by Gasteiger charge is -2.22. The second kappa shape index (κ2) is 6.80. The van der Waals surface area contributed by atoms with Crippen LogP contribution in [0, 0.1) is 11.8 Å². The van der Waals surface area contributed by atoms with Gasteiger partial charge in [-0.25, -0.2) is 0 Å². The van der Waals surface area contributed by atoms with Crippen LogP contribution in [0.4, 0.5) is 0 Å². The summed E-state index contributed by atoms with van der Waals surface area (Å²) in [4.78, 5) is 1.13. The molecule has 0 aliphatic carbocycles. The quantitative estimate of drug-likeness (QED) is 0.869. The van der Waals surface area contributed by atoms with Crippen molar-refractivity contribution in [2.75, 3.05) is 6.61 Å². The number of thiophene rings is 1. The Morgan fingerprint density at radius 3 is 2.71 bits per heavy atom. The Hall–Kier alpha value is -1.76. The molecule has 0 fully saturated rings. The van der Waals surface area contributed by atoms with Gasteiger partial charge in [0.1, 0.15) is 19.0 Å². The van der Waals surface area contributed by atoms with E-state index < -0.39 is 0 Å². The maximum Gasteiger partial charge on any atom is 0.123 e. The van der Waals surface area contributed by atoms with Crippen LogP contribution in [0.1, 0.15) is 36.8 Å². The van der Waals surface area contributed by atoms with Gasteiger partial charge in [-0.1, -0.05) is 50.8 Å². The van der Waals surface area contributed by atoms with E-state index in [9.17, 15) is 0 Å². The van der Waals surface area contributed by atoms with Crippen LogP contribution in [0.5, 0.6) is 5.75 Å². The third-order valence-corrected chi connectivity index (χ3v) is 3.94. The SMILES string of the molecule is CC(C)(C)c1ccccc1OCc1cc(C#CCO)cs1. The van der Waals surface area contributed by atoms with Crippen LogP contribution < -0.4 is 4.74 Å². The van der Waals surface area contributed by atoms with Gasteiger partial charge >= 0.3 is 0 Å². The van der Waals surface area contributed by atoms with E-state index in [-0.39, 0.29) is 12.0 Å². The molecule has 0 radical (unpaired) electrons. The Balaban J connectivity index is 2.08. The fourth-order valence-corrected chi connectivity index (χ4v) is 2.75. The molecule has 2 aromatic rings. The van der Waals surface area contributed by atoms with Gasteiger partial charge < -0.3 is 9.84 Å². The molecule has 0 bridgehead atoms. The van der Waals surface area contributed by atoms with Crippen molar-refractivity contribution in [1.29, 1.82) is 0 Å². The zero-order valence-corrected chi connectivity index (χ0v) is 13.5. The highest BCUT2D eigenvalue weighted by Crippen LogP contribution is 2.31. The normalized spacial score (nSPS) is 10.9. The number of hydrogen-bond acceptors (Lipinski definition) is 3. The van der Waals surface area contributed by atoms with Crippen molar-refractivity contribution >= 4 is 11.3 Å². The number of benzene rings is 1. The highest BCUT2D eigenvalue weighted by atomic mass is 32.1. The van der Waals surface area contributed by atoms with Crippen molar-refractivity contribution in [3.05, 3.63) is 51.7 Å². The fourth-order valence-electron chi connectivity index (χ4n) is 2.02. The largest absolute Gasteiger partial charge is 0.488 e. The van der Waals surface area contributed by atoms with Crippen molar-refractivity contribution < 1.29 is 9.84 Å². The number of aliphatic hydroxyl groups is 1. The van der Waals surface area contributed by atoms with Crippen LogP contribution in [-0.4, -0.2) is 11.7 Å². The van der Waals surface area contributed by atoms with Gasteiger partial charge in [-0.15, -0.1) is 11.3 Å². The first-order valence-corrected chi connectivity index (χ1v) is 7.78. The Morgan fingerprint density at radius 2 is 2.00 bits per heavy atom. The number of aliphatic hydroxyl groups excluding tert-OH is 1. The second-order valence-electron chi connectivity index (χ2n) is 5.80. The van der Waals surface area contributed by atoms with Gasteiger partial charge in [0.25, 0.3) is 0 Å². The van der Waals surface area contributed by atoms with Gasteiger partial charge in [0.2, 0.25) is 0 Å². The standard InChI is InChI=1S/C18H20O2S/c1-18(2,3)16-8-4-5-9-17(16)20-12-15-11-14(13-21-15)7-6-10-19/h4-5,8-9,11,13,19H,10,12H2,1-3H3. The summed E-state index contributed by atoms with van der Waals surface area (Å²) in [5, 5.41) is 10.7. The fraction of sp³-hybridized carbons (Fsp3) is 0.333. The van der Waals surface area contributed by atoms with Crippen molar-refractivity contribution in [1.82, 2.24) is 0 Å². The van der Waals surface area contributed by atoms with E-state index in [2.05, 4.69) is 38.7 Å². The van der Waals surface area contributed by atoms with Gasteiger partial charge in [0.15, 0.2) is 0 Å². The summed E-state index contributed by atoms with van der Waals surface area (Å²) in [5.74, 6) is 6.49. The Bertz CT molecular complexity index is 654. The van der Waals surface area contributed by atoms with Crippen LogP contribution >= 0.6 is 11.3 Å². The van der Waals surface area contributed by atoms with E-state index in [4.69, 9.17) is 9.84 Å². The average molecular weight is 300 g/mol. The zero-order chi connectivity index (χ0) is 15.3. The van der Waals surface area contributed by atoms with Crippen molar-refractivity contribution in [3.63, 3.8) is 0 Å². The highest BCUT2D eigenvalue weighted by Gasteiger charge is 2.18. The van der Waals surface area contributed by atoms with Crippen LogP contribution in [0.3, 0.4) is 0 Å². The van der Waals surface area contributed by atoms with E-state index in [0.717, 1.165) is 16.2 Å². The molecule has 1 aromatic heterocycles. The molecule has 0 saturated heterocycles. The summed E-state index contributed by atoms with van der Waals surface area (Å²) >= 11 is 1.62. The predicted octanol–water partition coefficient (Wildman–Crippen LogP) is 3.97. The molecule has 110 valence electrons. The van der Waals surface area contributed by atoms with E-state index in [1.165, 1.54) is 5.56 Å². The molecular weight excluding hydrogens is 280 g/mol. The molecule has 1 heterocycles. The Kier molecular flexibility index (Phi) is 5.06. The molecule has 0 amide bonds. The van der Waals surface area contributed by atoms with Crippen LogP contribution in [0.2, 0.25) is 0 Å². The zero-order valence-electron chi connectivity index (χ0n) is 12.6. The summed E-state index contributed by atoms with van der Waals surface area (Å²) in [6.07, 6.45) is 0. The second-order valence-corrected chi connectivity index (χ2v) is 6.79. The van der Waals surface area contributed by atoms with E-state index in [1.54, 1.807) is 11.3 Å². The van der Waals surface area contributed by atoms with E-state index in [1.807, 2.05) is 29.6 Å². The number of ether oxygens (including phenoxy) is 1. The smallest absolute Gasteiger partial charge is 0.123 e. The van der Waals surface area contributed by atoms with Crippen molar-refractivity contribution in [3.8, 4) is 17.6 Å². The summed E-state index contributed by atoms with van der Waals surface area (Å²) in [6, 6.07) is 10.2. The number of rotatable bonds is 3. The molecule has 0 spiro atoms. The minimum absolute atomic E-state index is 0.0593. The molecule has 2 nitrogen and oxygen atoms in total.